The molecule has 0 radical (unpaired) electrons. The van der Waals surface area contributed by atoms with Crippen LogP contribution < -0.4 is 14.8 Å². The van der Waals surface area contributed by atoms with Crippen LogP contribution in [0.1, 0.15) is 17.0 Å². The number of benzene rings is 3. The minimum absolute atomic E-state index is 0.164. The van der Waals surface area contributed by atoms with Crippen molar-refractivity contribution >= 4 is 34.3 Å². The molecule has 0 spiro atoms. The van der Waals surface area contributed by atoms with E-state index in [0.29, 0.717) is 28.6 Å². The van der Waals surface area contributed by atoms with Crippen molar-refractivity contribution in [3.63, 3.8) is 0 Å². The van der Waals surface area contributed by atoms with Crippen LogP contribution in [0.5, 0.6) is 11.5 Å². The Kier molecular flexibility index (Phi) is 6.37. The molecule has 2 N–H and O–H groups in total. The third-order valence-electron chi connectivity index (χ3n) is 4.93. The smallest absolute Gasteiger partial charge is 0.262 e. The maximum Gasteiger partial charge on any atom is 0.262 e. The number of rotatable bonds is 7. The number of allylic oxidation sites excluding steroid dienone is 1. The third-order valence-corrected chi connectivity index (χ3v) is 4.93. The number of ether oxygens (including phenoxy) is 2. The predicted octanol–water partition coefficient (Wildman–Crippen LogP) is 4.96. The van der Waals surface area contributed by atoms with Crippen molar-refractivity contribution < 1.29 is 14.3 Å². The summed E-state index contributed by atoms with van der Waals surface area (Å²) in [7, 11) is 1.52. The summed E-state index contributed by atoms with van der Waals surface area (Å²) in [4.78, 5) is 19.9. The number of nitrogens with zero attached hydrogens (tertiary/aromatic N) is 2. The Morgan fingerprint density at radius 1 is 1.12 bits per heavy atom. The van der Waals surface area contributed by atoms with Gasteiger partial charge in [0.15, 0.2) is 18.1 Å². The number of carbonyl (C=O) groups excluding carboxylic acids is 1. The lowest BCUT2D eigenvalue weighted by Crippen LogP contribution is -2.20. The van der Waals surface area contributed by atoms with Gasteiger partial charge in [0.1, 0.15) is 11.9 Å². The van der Waals surface area contributed by atoms with Crippen molar-refractivity contribution in [3.8, 4) is 17.6 Å². The fourth-order valence-corrected chi connectivity index (χ4v) is 3.33. The zero-order chi connectivity index (χ0) is 23.2. The quantitative estimate of drug-likeness (QED) is 0.397. The van der Waals surface area contributed by atoms with Gasteiger partial charge in [-0.25, -0.2) is 4.98 Å². The topological polar surface area (TPSA) is 100 Å². The van der Waals surface area contributed by atoms with Crippen LogP contribution in [0.3, 0.4) is 0 Å². The summed E-state index contributed by atoms with van der Waals surface area (Å²) >= 11 is 0. The monoisotopic (exact) mass is 438 g/mol. The summed E-state index contributed by atoms with van der Waals surface area (Å²) in [5.74, 6) is 1.10. The van der Waals surface area contributed by atoms with Crippen LogP contribution in [0.25, 0.3) is 22.7 Å². The van der Waals surface area contributed by atoms with Crippen LogP contribution in [-0.2, 0) is 4.79 Å². The van der Waals surface area contributed by atoms with Crippen LogP contribution >= 0.6 is 0 Å². The van der Waals surface area contributed by atoms with Crippen LogP contribution in [0.4, 0.5) is 5.69 Å². The Hall–Kier alpha value is -4.57. The van der Waals surface area contributed by atoms with Crippen molar-refractivity contribution in [2.24, 2.45) is 0 Å². The lowest BCUT2D eigenvalue weighted by atomic mass is 10.1. The fraction of sp³-hybridized carbons (Fsp3) is 0.115. The maximum absolute atomic E-state index is 12.2. The first-order valence-electron chi connectivity index (χ1n) is 10.3. The van der Waals surface area contributed by atoms with E-state index in [-0.39, 0.29) is 12.5 Å². The zero-order valence-corrected chi connectivity index (χ0v) is 18.3. The standard InChI is InChI=1S/C26H22N4O3/c1-17-8-10-21-22(12-17)30-26(29-21)19(15-27)13-18-9-11-23(24(14-18)32-2)33-16-25(31)28-20-6-4-3-5-7-20/h3-14H,16H2,1-2H3,(H,28,31)(H,29,30)/b19-13-. The lowest BCUT2D eigenvalue weighted by molar-refractivity contribution is -0.118. The number of carbonyl (C=O) groups is 1. The maximum atomic E-state index is 12.2. The van der Waals surface area contributed by atoms with E-state index in [1.54, 1.807) is 36.4 Å². The first-order chi connectivity index (χ1) is 16.1. The average molecular weight is 438 g/mol. The van der Waals surface area contributed by atoms with Crippen LogP contribution in [-0.4, -0.2) is 29.6 Å². The molecule has 0 fully saturated rings. The number of para-hydroxylation sites is 1. The summed E-state index contributed by atoms with van der Waals surface area (Å²) < 4.78 is 11.1. The van der Waals surface area contributed by atoms with Crippen molar-refractivity contribution in [2.45, 2.75) is 6.92 Å². The molecular weight excluding hydrogens is 416 g/mol. The molecule has 0 saturated carbocycles. The first kappa shape index (κ1) is 21.7. The largest absolute Gasteiger partial charge is 0.493 e. The SMILES string of the molecule is COc1cc(/C=C(/C#N)c2nc3ccc(C)cc3[nH]2)ccc1OCC(=O)Nc1ccccc1. The van der Waals surface area contributed by atoms with Gasteiger partial charge in [0, 0.05) is 5.69 Å². The molecule has 0 aliphatic carbocycles. The van der Waals surface area contributed by atoms with Crippen molar-refractivity contribution in [1.82, 2.24) is 9.97 Å². The van der Waals surface area contributed by atoms with Gasteiger partial charge < -0.3 is 19.8 Å². The molecule has 4 aromatic rings. The molecule has 7 nitrogen and oxygen atoms in total. The van der Waals surface area contributed by atoms with Gasteiger partial charge in [0.2, 0.25) is 0 Å². The minimum atomic E-state index is -0.279. The number of aryl methyl sites for hydroxylation is 1. The molecule has 0 aliphatic heterocycles. The number of nitrogens with one attached hydrogen (secondary N) is 2. The number of methoxy groups -OCH3 is 1. The van der Waals surface area contributed by atoms with E-state index in [4.69, 9.17) is 9.47 Å². The van der Waals surface area contributed by atoms with Gasteiger partial charge >= 0.3 is 0 Å². The molecule has 0 aliphatic rings. The van der Waals surface area contributed by atoms with Crippen LogP contribution in [0, 0.1) is 18.3 Å². The van der Waals surface area contributed by atoms with Crippen molar-refractivity contribution in [3.05, 3.63) is 83.7 Å². The normalized spacial score (nSPS) is 11.1. The summed E-state index contributed by atoms with van der Waals surface area (Å²) in [5, 5.41) is 12.5. The number of amides is 1. The molecule has 0 unspecified atom stereocenters. The number of nitriles is 1. The highest BCUT2D eigenvalue weighted by molar-refractivity contribution is 5.92. The van der Waals surface area contributed by atoms with Gasteiger partial charge in [0.05, 0.1) is 23.7 Å². The number of hydrogen-bond acceptors (Lipinski definition) is 5. The van der Waals surface area contributed by atoms with E-state index in [9.17, 15) is 10.1 Å². The highest BCUT2D eigenvalue weighted by Crippen LogP contribution is 2.30. The Labute approximate surface area is 191 Å². The van der Waals surface area contributed by atoms with Crippen LogP contribution in [0.2, 0.25) is 0 Å². The van der Waals surface area contributed by atoms with Gasteiger partial charge in [-0.15, -0.1) is 0 Å². The Balaban J connectivity index is 1.50. The number of aromatic amines is 1. The van der Waals surface area contributed by atoms with Gasteiger partial charge in [-0.3, -0.25) is 4.79 Å². The summed E-state index contributed by atoms with van der Waals surface area (Å²) in [6.07, 6.45) is 1.72. The van der Waals surface area contributed by atoms with E-state index in [0.717, 1.165) is 22.2 Å². The van der Waals surface area contributed by atoms with E-state index >= 15 is 0 Å². The number of H-pyrrole nitrogens is 1. The van der Waals surface area contributed by atoms with Crippen molar-refractivity contribution in [2.75, 3.05) is 19.0 Å². The molecule has 1 heterocycles. The molecule has 0 saturated heterocycles. The average Bonchev–Trinajstić information content (AvgIpc) is 3.25. The highest BCUT2D eigenvalue weighted by Gasteiger charge is 2.11. The molecule has 1 aromatic heterocycles. The third kappa shape index (κ3) is 5.20. The molecule has 164 valence electrons. The number of fused-ring (bicyclic) bond motifs is 1. The van der Waals surface area contributed by atoms with E-state index in [2.05, 4.69) is 21.4 Å². The van der Waals surface area contributed by atoms with E-state index in [1.165, 1.54) is 7.11 Å². The van der Waals surface area contributed by atoms with Gasteiger partial charge in [-0.05, 0) is 60.5 Å². The predicted molar refractivity (Wildman–Crippen MR) is 128 cm³/mol. The molecule has 4 rings (SSSR count). The van der Waals surface area contributed by atoms with Gasteiger partial charge in [-0.1, -0.05) is 30.3 Å². The Morgan fingerprint density at radius 2 is 1.94 bits per heavy atom. The van der Waals surface area contributed by atoms with Gasteiger partial charge in [0.25, 0.3) is 5.91 Å². The zero-order valence-electron chi connectivity index (χ0n) is 18.3. The second-order valence-electron chi connectivity index (χ2n) is 7.39. The second-order valence-corrected chi connectivity index (χ2v) is 7.39. The number of imidazole rings is 1. The Bertz CT molecular complexity index is 1370. The molecule has 0 atom stereocenters. The van der Waals surface area contributed by atoms with E-state index in [1.807, 2.05) is 43.3 Å². The number of anilines is 1. The molecule has 33 heavy (non-hydrogen) atoms. The molecule has 1 amide bonds. The van der Waals surface area contributed by atoms with E-state index < -0.39 is 0 Å². The van der Waals surface area contributed by atoms with Gasteiger partial charge in [-0.2, -0.15) is 5.26 Å². The lowest BCUT2D eigenvalue weighted by Gasteiger charge is -2.11. The van der Waals surface area contributed by atoms with Crippen molar-refractivity contribution in [1.29, 1.82) is 5.26 Å². The summed E-state index contributed by atoms with van der Waals surface area (Å²) in [6, 6.07) is 22.5. The summed E-state index contributed by atoms with van der Waals surface area (Å²) in [5.41, 5.74) is 4.61. The number of aromatic nitrogens is 2. The number of hydrogen-bond donors (Lipinski definition) is 2. The highest BCUT2D eigenvalue weighted by atomic mass is 16.5. The first-order valence-corrected chi connectivity index (χ1v) is 10.3. The van der Waals surface area contributed by atoms with Crippen LogP contribution in [0.15, 0.2) is 66.7 Å². The fourth-order valence-electron chi connectivity index (χ4n) is 3.33. The molecule has 7 heteroatoms. The second kappa shape index (κ2) is 9.71. The molecular formula is C26H22N4O3. The minimum Gasteiger partial charge on any atom is -0.493 e. The summed E-state index contributed by atoms with van der Waals surface area (Å²) in [6.45, 7) is 1.84. The molecule has 0 bridgehead atoms. The Morgan fingerprint density at radius 3 is 2.70 bits per heavy atom. The molecule has 3 aromatic carbocycles.